The van der Waals surface area contributed by atoms with Gasteiger partial charge in [0.1, 0.15) is 5.02 Å². The molecule has 1 aliphatic carbocycles. The van der Waals surface area contributed by atoms with Crippen molar-refractivity contribution in [2.75, 3.05) is 19.7 Å². The van der Waals surface area contributed by atoms with Gasteiger partial charge in [-0.15, -0.1) is 0 Å². The smallest absolute Gasteiger partial charge is 0.266 e. The maximum absolute atomic E-state index is 12.5. The Hall–Kier alpha value is -1.37. The molecule has 0 unspecified atom stereocenters. The van der Waals surface area contributed by atoms with Crippen molar-refractivity contribution in [3.05, 3.63) is 33.2 Å². The number of carbonyl (C=O) groups is 1. The highest BCUT2D eigenvalue weighted by atomic mass is 35.5. The lowest BCUT2D eigenvalue weighted by molar-refractivity contribution is -0.207. The van der Waals surface area contributed by atoms with Crippen LogP contribution in [-0.4, -0.2) is 52.8 Å². The molecule has 2 N–H and O–H groups in total. The number of aromatic nitrogens is 1. The Morgan fingerprint density at radius 3 is 2.78 bits per heavy atom. The second-order valence-corrected chi connectivity index (χ2v) is 6.69. The molecule has 0 aromatic carbocycles. The maximum Gasteiger partial charge on any atom is 0.266 e. The highest BCUT2D eigenvalue weighted by Gasteiger charge is 2.56. The second kappa shape index (κ2) is 6.26. The van der Waals surface area contributed by atoms with Crippen LogP contribution in [0.3, 0.4) is 0 Å². The lowest BCUT2D eigenvalue weighted by atomic mass is 9.58. The number of nitrogens with one attached hydrogen (secondary N) is 1. The Morgan fingerprint density at radius 2 is 2.22 bits per heavy atom. The predicted molar refractivity (Wildman–Crippen MR) is 85.7 cm³/mol. The van der Waals surface area contributed by atoms with Crippen molar-refractivity contribution in [3.63, 3.8) is 0 Å². The van der Waals surface area contributed by atoms with Gasteiger partial charge >= 0.3 is 0 Å². The Labute approximate surface area is 139 Å². The fourth-order valence-electron chi connectivity index (χ4n) is 3.70. The third kappa shape index (κ3) is 2.79. The number of hydrogen-bond acceptors (Lipinski definition) is 4. The fourth-order valence-corrected chi connectivity index (χ4v) is 3.88. The van der Waals surface area contributed by atoms with Gasteiger partial charge in [0, 0.05) is 37.7 Å². The van der Waals surface area contributed by atoms with Crippen LogP contribution >= 0.6 is 11.6 Å². The first kappa shape index (κ1) is 16.5. The zero-order valence-corrected chi connectivity index (χ0v) is 13.8. The largest absolute Gasteiger partial charge is 0.392 e. The van der Waals surface area contributed by atoms with E-state index in [0.29, 0.717) is 31.7 Å². The van der Waals surface area contributed by atoms with E-state index in [9.17, 15) is 14.7 Å². The van der Waals surface area contributed by atoms with Crippen LogP contribution in [-0.2, 0) is 4.74 Å². The standard InChI is InChI=1S/C16H21ClN2O4/c1-2-23-13-8-12(20)16(13)3-5-19(6-4-16)15(22)10-7-11(17)14(21)18-9-10/h7,9,12-13,20H,2-6,8H2,1H3,(H,18,21)/t12-,13+/m0/s1. The monoisotopic (exact) mass is 340 g/mol. The van der Waals surface area contributed by atoms with Crippen molar-refractivity contribution in [1.29, 1.82) is 0 Å². The van der Waals surface area contributed by atoms with E-state index in [2.05, 4.69) is 4.98 Å². The molecule has 126 valence electrons. The Balaban J connectivity index is 1.67. The first-order valence-corrected chi connectivity index (χ1v) is 8.33. The number of aliphatic hydroxyl groups is 1. The SMILES string of the molecule is CCO[C@@H]1C[C@H](O)C12CCN(C(=O)c1c[nH]c(=O)c(Cl)c1)CC2. The minimum absolute atomic E-state index is 0.00940. The predicted octanol–water partition coefficient (Wildman–Crippen LogP) is 1.42. The molecule has 1 aliphatic heterocycles. The number of likely N-dealkylation sites (tertiary alicyclic amines) is 1. The molecule has 2 heterocycles. The molecule has 2 atom stereocenters. The summed E-state index contributed by atoms with van der Waals surface area (Å²) in [4.78, 5) is 28.0. The molecule has 1 saturated carbocycles. The number of nitrogens with zero attached hydrogens (tertiary/aromatic N) is 1. The minimum Gasteiger partial charge on any atom is -0.392 e. The molecule has 1 amide bonds. The average molecular weight is 341 g/mol. The number of aliphatic hydroxyl groups excluding tert-OH is 1. The molecule has 0 bridgehead atoms. The van der Waals surface area contributed by atoms with E-state index < -0.39 is 5.56 Å². The topological polar surface area (TPSA) is 82.6 Å². The van der Waals surface area contributed by atoms with Gasteiger partial charge in [0.25, 0.3) is 11.5 Å². The lowest BCUT2D eigenvalue weighted by Gasteiger charge is -2.56. The van der Waals surface area contributed by atoms with Crippen LogP contribution in [0.1, 0.15) is 36.5 Å². The third-order valence-electron chi connectivity index (χ3n) is 5.20. The van der Waals surface area contributed by atoms with Crippen LogP contribution in [0, 0.1) is 5.41 Å². The van der Waals surface area contributed by atoms with E-state index in [-0.39, 0.29) is 28.6 Å². The van der Waals surface area contributed by atoms with E-state index in [0.717, 1.165) is 12.8 Å². The number of ether oxygens (including phenoxy) is 1. The zero-order chi connectivity index (χ0) is 16.6. The number of aromatic amines is 1. The van der Waals surface area contributed by atoms with Gasteiger partial charge in [0.15, 0.2) is 0 Å². The van der Waals surface area contributed by atoms with Crippen molar-refractivity contribution in [2.24, 2.45) is 5.41 Å². The van der Waals surface area contributed by atoms with Crippen LogP contribution < -0.4 is 5.56 Å². The summed E-state index contributed by atoms with van der Waals surface area (Å²) in [7, 11) is 0. The van der Waals surface area contributed by atoms with Crippen molar-refractivity contribution in [1.82, 2.24) is 9.88 Å². The molecule has 6 nitrogen and oxygen atoms in total. The maximum atomic E-state index is 12.5. The molecule has 7 heteroatoms. The van der Waals surface area contributed by atoms with Crippen molar-refractivity contribution in [2.45, 2.75) is 38.4 Å². The molecule has 2 aliphatic rings. The van der Waals surface area contributed by atoms with Gasteiger partial charge in [-0.2, -0.15) is 0 Å². The van der Waals surface area contributed by atoms with E-state index in [1.54, 1.807) is 4.90 Å². The van der Waals surface area contributed by atoms with Gasteiger partial charge < -0.3 is 19.7 Å². The van der Waals surface area contributed by atoms with Crippen LogP contribution in [0.15, 0.2) is 17.1 Å². The van der Waals surface area contributed by atoms with Gasteiger partial charge in [0.05, 0.1) is 17.8 Å². The summed E-state index contributed by atoms with van der Waals surface area (Å²) in [5.41, 5.74) is -0.242. The summed E-state index contributed by atoms with van der Waals surface area (Å²) in [6.07, 6.45) is 3.25. The van der Waals surface area contributed by atoms with Crippen LogP contribution in [0.5, 0.6) is 0 Å². The normalized spacial score (nSPS) is 26.1. The minimum atomic E-state index is -0.405. The number of pyridine rings is 1. The molecular formula is C16H21ClN2O4. The summed E-state index contributed by atoms with van der Waals surface area (Å²) in [6.45, 7) is 3.72. The Bertz CT molecular complexity index is 650. The quantitative estimate of drug-likeness (QED) is 0.871. The molecule has 3 rings (SSSR count). The number of piperidine rings is 1. The van der Waals surface area contributed by atoms with Gasteiger partial charge in [-0.3, -0.25) is 9.59 Å². The highest BCUT2D eigenvalue weighted by Crippen LogP contribution is 2.51. The van der Waals surface area contributed by atoms with Gasteiger partial charge in [-0.1, -0.05) is 11.6 Å². The lowest BCUT2D eigenvalue weighted by Crippen LogP contribution is -2.62. The molecule has 1 spiro atoms. The average Bonchev–Trinajstić information content (AvgIpc) is 2.57. The van der Waals surface area contributed by atoms with Crippen molar-refractivity contribution >= 4 is 17.5 Å². The van der Waals surface area contributed by atoms with E-state index in [1.165, 1.54) is 12.3 Å². The molecule has 2 fully saturated rings. The third-order valence-corrected chi connectivity index (χ3v) is 5.48. The van der Waals surface area contributed by atoms with E-state index in [4.69, 9.17) is 16.3 Å². The summed E-state index contributed by atoms with van der Waals surface area (Å²) in [5, 5.41) is 10.2. The second-order valence-electron chi connectivity index (χ2n) is 6.29. The van der Waals surface area contributed by atoms with Crippen LogP contribution in [0.4, 0.5) is 0 Å². The first-order valence-electron chi connectivity index (χ1n) is 7.95. The molecule has 1 aromatic rings. The number of amides is 1. The molecule has 1 saturated heterocycles. The van der Waals surface area contributed by atoms with Crippen LogP contribution in [0.25, 0.3) is 0 Å². The Morgan fingerprint density at radius 1 is 1.52 bits per heavy atom. The summed E-state index contributed by atoms with van der Waals surface area (Å²) >= 11 is 5.78. The Kier molecular flexibility index (Phi) is 4.49. The highest BCUT2D eigenvalue weighted by molar-refractivity contribution is 6.30. The number of hydrogen-bond donors (Lipinski definition) is 2. The fraction of sp³-hybridized carbons (Fsp3) is 0.625. The number of rotatable bonds is 3. The van der Waals surface area contributed by atoms with E-state index in [1.807, 2.05) is 6.92 Å². The van der Waals surface area contributed by atoms with E-state index >= 15 is 0 Å². The molecule has 0 radical (unpaired) electrons. The molecule has 1 aromatic heterocycles. The zero-order valence-electron chi connectivity index (χ0n) is 13.0. The van der Waals surface area contributed by atoms with Crippen molar-refractivity contribution in [3.8, 4) is 0 Å². The number of halogens is 1. The number of carbonyl (C=O) groups excluding carboxylic acids is 1. The summed E-state index contributed by atoms with van der Waals surface area (Å²) in [5.74, 6) is -0.153. The summed E-state index contributed by atoms with van der Waals surface area (Å²) < 4.78 is 5.73. The number of H-pyrrole nitrogens is 1. The van der Waals surface area contributed by atoms with Crippen molar-refractivity contribution < 1.29 is 14.6 Å². The first-order chi connectivity index (χ1) is 11.0. The van der Waals surface area contributed by atoms with Gasteiger partial charge in [0.2, 0.25) is 0 Å². The van der Waals surface area contributed by atoms with Gasteiger partial charge in [-0.25, -0.2) is 0 Å². The molecule has 23 heavy (non-hydrogen) atoms. The molecular weight excluding hydrogens is 320 g/mol. The van der Waals surface area contributed by atoms with Gasteiger partial charge in [-0.05, 0) is 25.8 Å². The van der Waals surface area contributed by atoms with Crippen LogP contribution in [0.2, 0.25) is 5.02 Å². The summed E-state index contributed by atoms with van der Waals surface area (Å²) in [6, 6.07) is 1.40.